The van der Waals surface area contributed by atoms with Gasteiger partial charge >= 0.3 is 0 Å². The van der Waals surface area contributed by atoms with Crippen molar-refractivity contribution in [1.82, 2.24) is 4.57 Å². The summed E-state index contributed by atoms with van der Waals surface area (Å²) in [7, 11) is 0. The van der Waals surface area contributed by atoms with Crippen LogP contribution in [0.15, 0.2) is 43.0 Å². The number of aryl methyl sites for hydroxylation is 6. The van der Waals surface area contributed by atoms with E-state index in [1.807, 2.05) is 0 Å². The lowest BCUT2D eigenvalue weighted by Gasteiger charge is -2.10. The van der Waals surface area contributed by atoms with Crippen LogP contribution in [0.1, 0.15) is 44.5 Å². The Morgan fingerprint density at radius 3 is 1.72 bits per heavy atom. The fraction of sp³-hybridized carbons (Fsp3) is 0.348. The highest BCUT2D eigenvalue weighted by Crippen LogP contribution is 2.18. The molecule has 1 heterocycles. The van der Waals surface area contributed by atoms with E-state index in [1.165, 1.54) is 44.5 Å². The van der Waals surface area contributed by atoms with Crippen molar-refractivity contribution in [3.8, 4) is 0 Å². The summed E-state index contributed by atoms with van der Waals surface area (Å²) < 4.78 is 4.56. The quantitative estimate of drug-likeness (QED) is 0.611. The van der Waals surface area contributed by atoms with Gasteiger partial charge in [0.05, 0.1) is 0 Å². The highest BCUT2D eigenvalue weighted by Gasteiger charge is 2.12. The Morgan fingerprint density at radius 1 is 0.720 bits per heavy atom. The molecule has 3 aromatic rings. The minimum atomic E-state index is 0.927. The van der Waals surface area contributed by atoms with E-state index in [9.17, 15) is 0 Å². The molecule has 0 amide bonds. The van der Waals surface area contributed by atoms with Crippen LogP contribution >= 0.6 is 0 Å². The SMILES string of the molecule is Cc1cc(C)c(Cn2cc[n+](Cc3c(C)cc(C)cc3C)c2)c(C)c1. The van der Waals surface area contributed by atoms with Crippen molar-refractivity contribution in [2.24, 2.45) is 0 Å². The Bertz CT molecular complexity index is 796. The first kappa shape index (κ1) is 17.5. The van der Waals surface area contributed by atoms with Gasteiger partial charge in [-0.15, -0.1) is 0 Å². The number of hydrogen-bond acceptors (Lipinski definition) is 0. The number of rotatable bonds is 4. The van der Waals surface area contributed by atoms with E-state index < -0.39 is 0 Å². The van der Waals surface area contributed by atoms with Crippen LogP contribution in [-0.2, 0) is 13.1 Å². The van der Waals surface area contributed by atoms with Crippen LogP contribution in [-0.4, -0.2) is 4.57 Å². The molecule has 0 aliphatic rings. The largest absolute Gasteiger partial charge is 0.244 e. The number of benzene rings is 2. The second-order valence-electron chi connectivity index (χ2n) is 7.51. The topological polar surface area (TPSA) is 8.81 Å². The lowest BCUT2D eigenvalue weighted by atomic mass is 10.00. The monoisotopic (exact) mass is 333 g/mol. The molecule has 25 heavy (non-hydrogen) atoms. The Kier molecular flexibility index (Phi) is 4.80. The molecule has 0 N–H and O–H groups in total. The van der Waals surface area contributed by atoms with Gasteiger partial charge in [0.15, 0.2) is 0 Å². The first-order valence-corrected chi connectivity index (χ1v) is 9.02. The van der Waals surface area contributed by atoms with Crippen LogP contribution in [0.5, 0.6) is 0 Å². The molecule has 0 aliphatic carbocycles. The maximum atomic E-state index is 2.28. The number of nitrogens with zero attached hydrogens (tertiary/aromatic N) is 2. The summed E-state index contributed by atoms with van der Waals surface area (Å²) >= 11 is 0. The Hall–Kier alpha value is -2.35. The summed E-state index contributed by atoms with van der Waals surface area (Å²) in [6.45, 7) is 15.0. The number of imidazole rings is 1. The van der Waals surface area contributed by atoms with Crippen molar-refractivity contribution in [2.75, 3.05) is 0 Å². The first-order valence-electron chi connectivity index (χ1n) is 9.02. The van der Waals surface area contributed by atoms with Gasteiger partial charge in [0.2, 0.25) is 6.33 Å². The van der Waals surface area contributed by atoms with E-state index >= 15 is 0 Å². The Labute approximate surface area is 151 Å². The van der Waals surface area contributed by atoms with E-state index in [4.69, 9.17) is 0 Å². The minimum Gasteiger partial charge on any atom is -0.233 e. The van der Waals surface area contributed by atoms with E-state index in [-0.39, 0.29) is 0 Å². The molecule has 2 heteroatoms. The van der Waals surface area contributed by atoms with Crippen LogP contribution in [0.3, 0.4) is 0 Å². The third kappa shape index (κ3) is 3.84. The molecule has 0 spiro atoms. The van der Waals surface area contributed by atoms with Gasteiger partial charge in [0, 0.05) is 0 Å². The zero-order chi connectivity index (χ0) is 18.1. The molecule has 0 unspecified atom stereocenters. The standard InChI is InChI=1S/C23H29N2/c1-16-9-18(3)22(19(4)10-16)13-24-7-8-25(15-24)14-23-20(5)11-17(2)12-21(23)6/h7-12,15H,13-14H2,1-6H3/q+1. The normalized spacial score (nSPS) is 11.1. The predicted molar refractivity (Wildman–Crippen MR) is 104 cm³/mol. The molecule has 0 radical (unpaired) electrons. The average Bonchev–Trinajstić information content (AvgIpc) is 2.94. The third-order valence-electron chi connectivity index (χ3n) is 5.11. The summed E-state index contributed by atoms with van der Waals surface area (Å²) in [6.07, 6.45) is 6.58. The Balaban J connectivity index is 1.82. The molecular formula is C23H29N2+. The van der Waals surface area contributed by atoms with Crippen LogP contribution in [0, 0.1) is 41.5 Å². The van der Waals surface area contributed by atoms with Crippen molar-refractivity contribution in [3.05, 3.63) is 87.5 Å². The number of aromatic nitrogens is 2. The van der Waals surface area contributed by atoms with Crippen molar-refractivity contribution in [2.45, 2.75) is 54.6 Å². The zero-order valence-corrected chi connectivity index (χ0v) is 16.4. The fourth-order valence-corrected chi connectivity index (χ4v) is 3.91. The smallest absolute Gasteiger partial charge is 0.233 e. The first-order chi connectivity index (χ1) is 11.8. The van der Waals surface area contributed by atoms with Crippen molar-refractivity contribution in [1.29, 1.82) is 0 Å². The van der Waals surface area contributed by atoms with Crippen LogP contribution in [0.25, 0.3) is 0 Å². The second-order valence-corrected chi connectivity index (χ2v) is 7.51. The van der Waals surface area contributed by atoms with Crippen molar-refractivity contribution < 1.29 is 4.57 Å². The molecular weight excluding hydrogens is 304 g/mol. The molecule has 130 valence electrons. The molecule has 3 rings (SSSR count). The van der Waals surface area contributed by atoms with E-state index in [0.717, 1.165) is 13.1 Å². The summed E-state index contributed by atoms with van der Waals surface area (Å²) in [5.74, 6) is 0. The minimum absolute atomic E-state index is 0.927. The fourth-order valence-electron chi connectivity index (χ4n) is 3.91. The van der Waals surface area contributed by atoms with Gasteiger partial charge in [0.1, 0.15) is 25.5 Å². The molecule has 2 aromatic carbocycles. The molecule has 2 nitrogen and oxygen atoms in total. The average molecular weight is 333 g/mol. The molecule has 0 aliphatic heterocycles. The molecule has 0 atom stereocenters. The van der Waals surface area contributed by atoms with Gasteiger partial charge in [0.25, 0.3) is 0 Å². The maximum absolute atomic E-state index is 2.28. The van der Waals surface area contributed by atoms with E-state index in [1.54, 1.807) is 0 Å². The van der Waals surface area contributed by atoms with E-state index in [2.05, 4.69) is 93.7 Å². The maximum Gasteiger partial charge on any atom is 0.244 e. The number of hydrogen-bond donors (Lipinski definition) is 0. The lowest BCUT2D eigenvalue weighted by molar-refractivity contribution is -0.687. The molecule has 0 bridgehead atoms. The summed E-state index contributed by atoms with van der Waals surface area (Å²) in [5, 5.41) is 0. The van der Waals surface area contributed by atoms with Gasteiger partial charge < -0.3 is 0 Å². The highest BCUT2D eigenvalue weighted by atomic mass is 15.1. The Morgan fingerprint density at radius 2 is 1.20 bits per heavy atom. The molecule has 0 saturated heterocycles. The van der Waals surface area contributed by atoms with Gasteiger partial charge in [-0.25, -0.2) is 9.13 Å². The molecule has 1 aromatic heterocycles. The summed E-state index contributed by atoms with van der Waals surface area (Å²) in [4.78, 5) is 0. The third-order valence-corrected chi connectivity index (χ3v) is 5.11. The van der Waals surface area contributed by atoms with Crippen molar-refractivity contribution in [3.63, 3.8) is 0 Å². The van der Waals surface area contributed by atoms with Gasteiger partial charge in [-0.1, -0.05) is 35.4 Å². The molecule has 0 fully saturated rings. The van der Waals surface area contributed by atoms with Gasteiger partial charge in [-0.3, -0.25) is 0 Å². The van der Waals surface area contributed by atoms with Crippen LogP contribution in [0.4, 0.5) is 0 Å². The predicted octanol–water partition coefficient (Wildman–Crippen LogP) is 4.72. The highest BCUT2D eigenvalue weighted by molar-refractivity contribution is 5.38. The van der Waals surface area contributed by atoms with Gasteiger partial charge in [-0.2, -0.15) is 0 Å². The summed E-state index contributed by atoms with van der Waals surface area (Å²) in [6, 6.07) is 9.11. The van der Waals surface area contributed by atoms with Crippen molar-refractivity contribution >= 4 is 0 Å². The van der Waals surface area contributed by atoms with Gasteiger partial charge in [-0.05, 0) is 74.9 Å². The second kappa shape index (κ2) is 6.87. The van der Waals surface area contributed by atoms with Crippen LogP contribution in [0.2, 0.25) is 0 Å². The van der Waals surface area contributed by atoms with E-state index in [0.29, 0.717) is 0 Å². The summed E-state index contributed by atoms with van der Waals surface area (Å²) in [5.41, 5.74) is 11.0. The molecule has 0 saturated carbocycles. The lowest BCUT2D eigenvalue weighted by Crippen LogP contribution is -2.32. The van der Waals surface area contributed by atoms with Crippen LogP contribution < -0.4 is 4.57 Å². The zero-order valence-electron chi connectivity index (χ0n) is 16.4.